The van der Waals surface area contributed by atoms with E-state index in [4.69, 9.17) is 9.97 Å². The number of hydrogen-bond acceptors (Lipinski definition) is 6. The Bertz CT molecular complexity index is 955. The fourth-order valence-corrected chi connectivity index (χ4v) is 7.06. The zero-order chi connectivity index (χ0) is 19.9. The van der Waals surface area contributed by atoms with Crippen molar-refractivity contribution in [1.82, 2.24) is 14.9 Å². The Labute approximate surface area is 172 Å². The van der Waals surface area contributed by atoms with Crippen LogP contribution in [0, 0.1) is 12.3 Å². The van der Waals surface area contributed by atoms with E-state index in [2.05, 4.69) is 24.8 Å². The Morgan fingerprint density at radius 2 is 1.93 bits per heavy atom. The molecule has 1 aliphatic carbocycles. The van der Waals surface area contributed by atoms with Crippen molar-refractivity contribution in [2.24, 2.45) is 5.41 Å². The number of fused-ring (bicyclic) bond motifs is 1. The van der Waals surface area contributed by atoms with Gasteiger partial charge in [0.05, 0.1) is 17.2 Å². The van der Waals surface area contributed by atoms with Crippen LogP contribution in [-0.2, 0) is 16.4 Å². The highest BCUT2D eigenvalue weighted by Crippen LogP contribution is 2.45. The van der Waals surface area contributed by atoms with Crippen LogP contribution in [0.15, 0.2) is 6.07 Å². The molecule has 2 aromatic heterocycles. The van der Waals surface area contributed by atoms with Crippen molar-refractivity contribution in [2.75, 3.05) is 24.6 Å². The minimum Gasteiger partial charge on any atom is -0.296 e. The minimum absolute atomic E-state index is 0.257. The summed E-state index contributed by atoms with van der Waals surface area (Å²) in [7, 11) is -2.89. The van der Waals surface area contributed by atoms with Crippen LogP contribution in [0.3, 0.4) is 0 Å². The van der Waals surface area contributed by atoms with E-state index in [0.717, 1.165) is 22.9 Å². The number of aryl methyl sites for hydroxylation is 1. The van der Waals surface area contributed by atoms with Crippen LogP contribution >= 0.6 is 11.3 Å². The van der Waals surface area contributed by atoms with Crippen molar-refractivity contribution in [3.63, 3.8) is 0 Å². The van der Waals surface area contributed by atoms with Gasteiger partial charge in [0, 0.05) is 23.4 Å². The molecule has 0 atom stereocenters. The van der Waals surface area contributed by atoms with Gasteiger partial charge in [-0.15, -0.1) is 11.3 Å². The Morgan fingerprint density at radius 1 is 1.18 bits per heavy atom. The van der Waals surface area contributed by atoms with E-state index in [1.54, 1.807) is 0 Å². The normalized spacial score (nSPS) is 23.7. The molecule has 2 aromatic rings. The quantitative estimate of drug-likeness (QED) is 0.739. The van der Waals surface area contributed by atoms with Crippen LogP contribution in [0.5, 0.6) is 0 Å². The Morgan fingerprint density at radius 3 is 2.68 bits per heavy atom. The van der Waals surface area contributed by atoms with Crippen molar-refractivity contribution in [1.29, 1.82) is 0 Å². The summed E-state index contributed by atoms with van der Waals surface area (Å²) in [6.45, 7) is 8.84. The highest BCUT2D eigenvalue weighted by molar-refractivity contribution is 7.91. The maximum Gasteiger partial charge on any atom is 0.151 e. The molecule has 0 bridgehead atoms. The molecular formula is C21H31N3O2S2. The molecule has 1 saturated carbocycles. The van der Waals surface area contributed by atoms with Crippen LogP contribution in [0.4, 0.5) is 0 Å². The Hall–Kier alpha value is -1.05. The number of rotatable bonds is 3. The van der Waals surface area contributed by atoms with Crippen LogP contribution in [-0.4, -0.2) is 47.9 Å². The molecule has 1 aliphatic heterocycles. The van der Waals surface area contributed by atoms with Gasteiger partial charge in [-0.2, -0.15) is 0 Å². The summed E-state index contributed by atoms with van der Waals surface area (Å²) in [6, 6.07) is 2.33. The van der Waals surface area contributed by atoms with E-state index in [-0.39, 0.29) is 5.75 Å². The van der Waals surface area contributed by atoms with Crippen LogP contribution in [0.2, 0.25) is 0 Å². The zero-order valence-corrected chi connectivity index (χ0v) is 18.8. The first-order chi connectivity index (χ1) is 13.2. The average Bonchev–Trinajstić information content (AvgIpc) is 2.95. The smallest absolute Gasteiger partial charge is 0.151 e. The lowest BCUT2D eigenvalue weighted by atomic mass is 9.73. The first-order valence-corrected chi connectivity index (χ1v) is 13.0. The van der Waals surface area contributed by atoms with Gasteiger partial charge in [0.15, 0.2) is 9.84 Å². The molecule has 0 spiro atoms. The third kappa shape index (κ3) is 4.57. The van der Waals surface area contributed by atoms with Gasteiger partial charge in [-0.1, -0.05) is 13.8 Å². The topological polar surface area (TPSA) is 63.2 Å². The predicted molar refractivity (Wildman–Crippen MR) is 116 cm³/mol. The molecule has 1 saturated heterocycles. The lowest BCUT2D eigenvalue weighted by Gasteiger charge is -2.33. The molecule has 0 radical (unpaired) electrons. The lowest BCUT2D eigenvalue weighted by Crippen LogP contribution is -2.27. The molecular weight excluding hydrogens is 390 g/mol. The van der Waals surface area contributed by atoms with E-state index in [9.17, 15) is 8.42 Å². The molecule has 5 nitrogen and oxygen atoms in total. The van der Waals surface area contributed by atoms with Crippen molar-refractivity contribution < 1.29 is 8.42 Å². The van der Waals surface area contributed by atoms with Gasteiger partial charge in [0.2, 0.25) is 0 Å². The molecule has 3 heterocycles. The second kappa shape index (κ2) is 7.65. The van der Waals surface area contributed by atoms with E-state index in [1.807, 2.05) is 18.3 Å². The summed E-state index contributed by atoms with van der Waals surface area (Å²) in [5, 5.41) is 1.17. The molecule has 0 unspecified atom stereocenters. The maximum absolute atomic E-state index is 11.9. The predicted octanol–water partition coefficient (Wildman–Crippen LogP) is 4.30. The molecule has 0 aromatic carbocycles. The largest absolute Gasteiger partial charge is 0.296 e. The molecule has 2 fully saturated rings. The third-order valence-corrected chi connectivity index (χ3v) is 9.27. The van der Waals surface area contributed by atoms with Gasteiger partial charge in [0.1, 0.15) is 10.7 Å². The van der Waals surface area contributed by atoms with Gasteiger partial charge in [-0.25, -0.2) is 18.4 Å². The molecule has 7 heteroatoms. The molecule has 4 rings (SSSR count). The first-order valence-electron chi connectivity index (χ1n) is 10.4. The molecule has 28 heavy (non-hydrogen) atoms. The summed E-state index contributed by atoms with van der Waals surface area (Å²) in [5.41, 5.74) is 1.53. The summed E-state index contributed by atoms with van der Waals surface area (Å²) in [6.07, 6.45) is 5.79. The van der Waals surface area contributed by atoms with Crippen LogP contribution < -0.4 is 0 Å². The molecule has 154 valence electrons. The zero-order valence-electron chi connectivity index (χ0n) is 17.2. The SMILES string of the molecule is Cc1nc(CN2CCCS(=O)(=O)CC2)c2cc(C3CCC(C)(C)CC3)sc2n1. The average molecular weight is 422 g/mol. The van der Waals surface area contributed by atoms with Gasteiger partial charge < -0.3 is 0 Å². The summed E-state index contributed by atoms with van der Waals surface area (Å²) >= 11 is 1.83. The van der Waals surface area contributed by atoms with E-state index in [1.165, 1.54) is 35.9 Å². The van der Waals surface area contributed by atoms with E-state index >= 15 is 0 Å². The van der Waals surface area contributed by atoms with Gasteiger partial charge in [0.25, 0.3) is 0 Å². The monoisotopic (exact) mass is 421 g/mol. The third-order valence-electron chi connectivity index (χ3n) is 6.37. The minimum atomic E-state index is -2.89. The van der Waals surface area contributed by atoms with Crippen LogP contribution in [0.25, 0.3) is 10.2 Å². The maximum atomic E-state index is 11.9. The molecule has 2 aliphatic rings. The van der Waals surface area contributed by atoms with Gasteiger partial charge in [-0.05, 0) is 63.0 Å². The number of sulfone groups is 1. The molecule has 0 amide bonds. The lowest BCUT2D eigenvalue weighted by molar-refractivity contribution is 0.226. The highest BCUT2D eigenvalue weighted by Gasteiger charge is 2.29. The Balaban J connectivity index is 1.58. The fourth-order valence-electron chi connectivity index (χ4n) is 4.48. The van der Waals surface area contributed by atoms with E-state index < -0.39 is 9.84 Å². The number of hydrogen-bond donors (Lipinski definition) is 0. The number of thiophene rings is 1. The van der Waals surface area contributed by atoms with Crippen molar-refractivity contribution >= 4 is 31.4 Å². The van der Waals surface area contributed by atoms with Gasteiger partial charge in [-0.3, -0.25) is 4.90 Å². The highest BCUT2D eigenvalue weighted by atomic mass is 32.2. The van der Waals surface area contributed by atoms with Crippen molar-refractivity contribution in [3.8, 4) is 0 Å². The van der Waals surface area contributed by atoms with E-state index in [0.29, 0.717) is 36.6 Å². The van der Waals surface area contributed by atoms with Crippen molar-refractivity contribution in [2.45, 2.75) is 65.3 Å². The second-order valence-corrected chi connectivity index (χ2v) is 12.7. The number of nitrogens with zero attached hydrogens (tertiary/aromatic N) is 3. The first kappa shape index (κ1) is 20.2. The summed E-state index contributed by atoms with van der Waals surface area (Å²) in [4.78, 5) is 14.2. The van der Waals surface area contributed by atoms with Gasteiger partial charge >= 0.3 is 0 Å². The van der Waals surface area contributed by atoms with Crippen molar-refractivity contribution in [3.05, 3.63) is 22.5 Å². The second-order valence-electron chi connectivity index (χ2n) is 9.31. The number of aromatic nitrogens is 2. The standard InChI is InChI=1S/C21H31N3O2S2/c1-15-22-18(14-24-9-4-11-28(25,26)12-10-24)17-13-19(27-20(17)23-15)16-5-7-21(2,3)8-6-16/h13,16H,4-12,14H2,1-3H3. The molecule has 0 N–H and O–H groups in total. The summed E-state index contributed by atoms with van der Waals surface area (Å²) < 4.78 is 23.8. The Kier molecular flexibility index (Phi) is 5.53. The van der Waals surface area contributed by atoms with Crippen LogP contribution in [0.1, 0.15) is 68.3 Å². The fraction of sp³-hybridized carbons (Fsp3) is 0.714. The summed E-state index contributed by atoms with van der Waals surface area (Å²) in [5.74, 6) is 2.02.